The molecule has 1 aliphatic rings. The Hall–Kier alpha value is -1.13. The molecule has 2 unspecified atom stereocenters. The number of ether oxygens (including phenoxy) is 1. The summed E-state index contributed by atoms with van der Waals surface area (Å²) in [6.07, 6.45) is 1.93. The van der Waals surface area contributed by atoms with Gasteiger partial charge in [-0.05, 0) is 38.3 Å². The highest BCUT2D eigenvalue weighted by Gasteiger charge is 2.26. The SMILES string of the molecule is C[C@@H](O)c1ccc(F)cc1OC1CCCCC1O. The lowest BCUT2D eigenvalue weighted by molar-refractivity contribution is 0.00512. The molecule has 0 aromatic heterocycles. The van der Waals surface area contributed by atoms with Crippen molar-refractivity contribution in [2.45, 2.75) is 50.9 Å². The van der Waals surface area contributed by atoms with Crippen molar-refractivity contribution in [3.05, 3.63) is 29.6 Å². The zero-order valence-electron chi connectivity index (χ0n) is 10.5. The topological polar surface area (TPSA) is 49.7 Å². The first-order valence-corrected chi connectivity index (χ1v) is 6.40. The second-order valence-corrected chi connectivity index (χ2v) is 4.87. The van der Waals surface area contributed by atoms with E-state index in [4.69, 9.17) is 4.74 Å². The van der Waals surface area contributed by atoms with E-state index in [2.05, 4.69) is 0 Å². The maximum atomic E-state index is 13.2. The monoisotopic (exact) mass is 254 g/mol. The summed E-state index contributed by atoms with van der Waals surface area (Å²) in [5.74, 6) is -0.0735. The maximum Gasteiger partial charge on any atom is 0.128 e. The molecule has 1 fully saturated rings. The van der Waals surface area contributed by atoms with Gasteiger partial charge in [0.25, 0.3) is 0 Å². The predicted octanol–water partition coefficient (Wildman–Crippen LogP) is 2.56. The van der Waals surface area contributed by atoms with Crippen LogP contribution in [-0.4, -0.2) is 22.4 Å². The molecule has 0 saturated heterocycles. The average molecular weight is 254 g/mol. The van der Waals surface area contributed by atoms with Gasteiger partial charge < -0.3 is 14.9 Å². The lowest BCUT2D eigenvalue weighted by Crippen LogP contribution is -2.34. The van der Waals surface area contributed by atoms with Gasteiger partial charge in [-0.25, -0.2) is 4.39 Å². The maximum absolute atomic E-state index is 13.2. The van der Waals surface area contributed by atoms with Gasteiger partial charge in [0.15, 0.2) is 0 Å². The molecule has 100 valence electrons. The lowest BCUT2D eigenvalue weighted by Gasteiger charge is -2.29. The fourth-order valence-electron chi connectivity index (χ4n) is 2.33. The normalized spacial score (nSPS) is 25.8. The fourth-order valence-corrected chi connectivity index (χ4v) is 2.33. The number of benzene rings is 1. The second kappa shape index (κ2) is 5.67. The number of hydrogen-bond acceptors (Lipinski definition) is 3. The van der Waals surface area contributed by atoms with Crippen LogP contribution in [0.2, 0.25) is 0 Å². The molecule has 3 atom stereocenters. The molecular weight excluding hydrogens is 235 g/mol. The molecule has 0 aliphatic heterocycles. The third kappa shape index (κ3) is 3.00. The van der Waals surface area contributed by atoms with Gasteiger partial charge in [0, 0.05) is 11.6 Å². The largest absolute Gasteiger partial charge is 0.487 e. The van der Waals surface area contributed by atoms with Crippen LogP contribution in [0.3, 0.4) is 0 Å². The van der Waals surface area contributed by atoms with Crippen LogP contribution in [0, 0.1) is 5.82 Å². The molecule has 0 amide bonds. The van der Waals surface area contributed by atoms with E-state index in [9.17, 15) is 14.6 Å². The summed E-state index contributed by atoms with van der Waals surface area (Å²) < 4.78 is 18.9. The van der Waals surface area contributed by atoms with Crippen molar-refractivity contribution in [3.8, 4) is 5.75 Å². The van der Waals surface area contributed by atoms with Crippen LogP contribution < -0.4 is 4.74 Å². The third-order valence-electron chi connectivity index (χ3n) is 3.37. The highest BCUT2D eigenvalue weighted by molar-refractivity contribution is 5.35. The highest BCUT2D eigenvalue weighted by atomic mass is 19.1. The zero-order valence-corrected chi connectivity index (χ0v) is 10.5. The van der Waals surface area contributed by atoms with Crippen LogP contribution in [0.25, 0.3) is 0 Å². The van der Waals surface area contributed by atoms with Gasteiger partial charge in [-0.1, -0.05) is 6.42 Å². The fraction of sp³-hybridized carbons (Fsp3) is 0.571. The first-order chi connectivity index (χ1) is 8.58. The van der Waals surface area contributed by atoms with Gasteiger partial charge in [0.1, 0.15) is 17.7 Å². The Kier molecular flexibility index (Phi) is 4.19. The van der Waals surface area contributed by atoms with Gasteiger partial charge in [-0.15, -0.1) is 0 Å². The van der Waals surface area contributed by atoms with Gasteiger partial charge in [0.05, 0.1) is 12.2 Å². The highest BCUT2D eigenvalue weighted by Crippen LogP contribution is 2.30. The lowest BCUT2D eigenvalue weighted by atomic mass is 9.94. The number of aliphatic hydroxyl groups is 2. The summed E-state index contributed by atoms with van der Waals surface area (Å²) in [6.45, 7) is 1.61. The molecule has 0 heterocycles. The van der Waals surface area contributed by atoms with E-state index < -0.39 is 18.0 Å². The summed E-state index contributed by atoms with van der Waals surface area (Å²) in [6, 6.07) is 4.08. The van der Waals surface area contributed by atoms with E-state index in [-0.39, 0.29) is 6.10 Å². The molecule has 0 spiro atoms. The number of rotatable bonds is 3. The number of hydrogen-bond donors (Lipinski definition) is 2. The molecule has 1 aromatic rings. The Morgan fingerprint density at radius 2 is 2.06 bits per heavy atom. The minimum atomic E-state index is -0.721. The van der Waals surface area contributed by atoms with Crippen LogP contribution in [0.4, 0.5) is 4.39 Å². The van der Waals surface area contributed by atoms with Crippen molar-refractivity contribution in [2.24, 2.45) is 0 Å². The Labute approximate surface area is 106 Å². The summed E-state index contributed by atoms with van der Waals surface area (Å²) in [4.78, 5) is 0. The van der Waals surface area contributed by atoms with Crippen molar-refractivity contribution in [3.63, 3.8) is 0 Å². The van der Waals surface area contributed by atoms with Crippen LogP contribution in [0.1, 0.15) is 44.3 Å². The molecule has 3 nitrogen and oxygen atoms in total. The molecule has 1 aliphatic carbocycles. The van der Waals surface area contributed by atoms with Crippen LogP contribution in [0.5, 0.6) is 5.75 Å². The molecule has 0 radical (unpaired) electrons. The van der Waals surface area contributed by atoms with E-state index >= 15 is 0 Å². The first kappa shape index (κ1) is 13.3. The van der Waals surface area contributed by atoms with Crippen molar-refractivity contribution >= 4 is 0 Å². The molecule has 2 N–H and O–H groups in total. The van der Waals surface area contributed by atoms with E-state index in [0.29, 0.717) is 17.7 Å². The van der Waals surface area contributed by atoms with E-state index in [1.807, 2.05) is 0 Å². The smallest absolute Gasteiger partial charge is 0.128 e. The Morgan fingerprint density at radius 3 is 2.72 bits per heavy atom. The van der Waals surface area contributed by atoms with Crippen LogP contribution in [0.15, 0.2) is 18.2 Å². The average Bonchev–Trinajstić information content (AvgIpc) is 2.32. The van der Waals surface area contributed by atoms with Gasteiger partial charge in [-0.3, -0.25) is 0 Å². The molecule has 1 saturated carbocycles. The number of aliphatic hydroxyl groups excluding tert-OH is 2. The van der Waals surface area contributed by atoms with Gasteiger partial charge >= 0.3 is 0 Å². The van der Waals surface area contributed by atoms with Crippen LogP contribution in [-0.2, 0) is 0 Å². The summed E-state index contributed by atoms with van der Waals surface area (Å²) >= 11 is 0. The molecule has 2 rings (SSSR count). The van der Waals surface area contributed by atoms with Crippen molar-refractivity contribution in [1.82, 2.24) is 0 Å². The summed E-state index contributed by atoms with van der Waals surface area (Å²) in [5, 5.41) is 19.5. The Balaban J connectivity index is 2.18. The summed E-state index contributed by atoms with van der Waals surface area (Å²) in [7, 11) is 0. The molecule has 18 heavy (non-hydrogen) atoms. The van der Waals surface area contributed by atoms with Crippen molar-refractivity contribution in [1.29, 1.82) is 0 Å². The minimum Gasteiger partial charge on any atom is -0.487 e. The van der Waals surface area contributed by atoms with Crippen molar-refractivity contribution < 1.29 is 19.3 Å². The third-order valence-corrected chi connectivity index (χ3v) is 3.37. The zero-order chi connectivity index (χ0) is 13.1. The Bertz CT molecular complexity index is 406. The minimum absolute atomic E-state index is 0.307. The van der Waals surface area contributed by atoms with E-state index in [0.717, 1.165) is 19.3 Å². The van der Waals surface area contributed by atoms with E-state index in [1.165, 1.54) is 18.2 Å². The van der Waals surface area contributed by atoms with Gasteiger partial charge in [-0.2, -0.15) is 0 Å². The molecule has 4 heteroatoms. The predicted molar refractivity (Wildman–Crippen MR) is 65.9 cm³/mol. The van der Waals surface area contributed by atoms with Crippen LogP contribution >= 0.6 is 0 Å². The quantitative estimate of drug-likeness (QED) is 0.871. The first-order valence-electron chi connectivity index (χ1n) is 6.40. The molecular formula is C14H19FO3. The second-order valence-electron chi connectivity index (χ2n) is 4.87. The standard InChI is InChI=1S/C14H19FO3/c1-9(16)11-7-6-10(15)8-14(11)18-13-5-3-2-4-12(13)17/h6-9,12-13,16-17H,2-5H2,1H3/t9-,12?,13?/m1/s1. The number of halogens is 1. The molecule has 1 aromatic carbocycles. The molecule has 0 bridgehead atoms. The van der Waals surface area contributed by atoms with Crippen molar-refractivity contribution in [2.75, 3.05) is 0 Å². The van der Waals surface area contributed by atoms with E-state index in [1.54, 1.807) is 6.92 Å². The van der Waals surface area contributed by atoms with Gasteiger partial charge in [0.2, 0.25) is 0 Å². The summed E-state index contributed by atoms with van der Waals surface area (Å²) in [5.41, 5.74) is 0.550. The Morgan fingerprint density at radius 1 is 1.33 bits per heavy atom.